The second-order valence-corrected chi connectivity index (χ2v) is 10.7. The molecule has 1 atom stereocenters. The van der Waals surface area contributed by atoms with Crippen LogP contribution in [-0.4, -0.2) is 44.3 Å². The summed E-state index contributed by atoms with van der Waals surface area (Å²) in [5.74, 6) is -0.853. The molecule has 3 aromatic rings. The monoisotopic (exact) mass is 527 g/mol. The van der Waals surface area contributed by atoms with Crippen molar-refractivity contribution in [2.45, 2.75) is 38.3 Å². The van der Waals surface area contributed by atoms with Crippen molar-refractivity contribution in [3.8, 4) is 0 Å². The lowest BCUT2D eigenvalue weighted by Gasteiger charge is -2.32. The molecule has 0 saturated heterocycles. The summed E-state index contributed by atoms with van der Waals surface area (Å²) in [6.45, 7) is 5.29. The average Bonchev–Trinajstić information content (AvgIpc) is 2.86. The van der Waals surface area contributed by atoms with Crippen LogP contribution in [0.5, 0.6) is 0 Å². The van der Waals surface area contributed by atoms with E-state index in [1.54, 1.807) is 80.6 Å². The highest BCUT2D eigenvalue weighted by Gasteiger charge is 2.32. The van der Waals surface area contributed by atoms with Crippen molar-refractivity contribution in [3.05, 3.63) is 95.0 Å². The van der Waals surface area contributed by atoms with Crippen LogP contribution in [0.15, 0.2) is 83.8 Å². The minimum atomic E-state index is -4.07. The van der Waals surface area contributed by atoms with E-state index >= 15 is 0 Å². The summed E-state index contributed by atoms with van der Waals surface area (Å²) in [6.07, 6.45) is 0. The molecule has 0 unspecified atom stereocenters. The molecule has 3 aromatic carbocycles. The van der Waals surface area contributed by atoms with Crippen LogP contribution in [0.25, 0.3) is 0 Å². The number of hydrogen-bond donors (Lipinski definition) is 1. The molecular weight excluding hydrogens is 498 g/mol. The molecule has 0 bridgehead atoms. The van der Waals surface area contributed by atoms with Gasteiger partial charge in [-0.3, -0.25) is 13.9 Å². The van der Waals surface area contributed by atoms with E-state index in [1.165, 1.54) is 17.0 Å². The number of benzene rings is 3. The van der Waals surface area contributed by atoms with Gasteiger partial charge >= 0.3 is 0 Å². The first-order chi connectivity index (χ1) is 17.1. The van der Waals surface area contributed by atoms with Crippen LogP contribution in [0.4, 0.5) is 5.69 Å². The number of aryl methyl sites for hydroxylation is 1. The minimum absolute atomic E-state index is 0.0721. The van der Waals surface area contributed by atoms with Gasteiger partial charge in [0.2, 0.25) is 11.8 Å². The Kier molecular flexibility index (Phi) is 9.12. The first kappa shape index (κ1) is 27.2. The van der Waals surface area contributed by atoms with E-state index < -0.39 is 28.5 Å². The molecule has 7 nitrogen and oxygen atoms in total. The third-order valence-corrected chi connectivity index (χ3v) is 7.72. The number of halogens is 1. The number of para-hydroxylation sites is 1. The van der Waals surface area contributed by atoms with Gasteiger partial charge in [0.15, 0.2) is 0 Å². The first-order valence-electron chi connectivity index (χ1n) is 11.6. The Hall–Kier alpha value is -3.36. The maximum absolute atomic E-state index is 13.7. The molecule has 36 heavy (non-hydrogen) atoms. The summed E-state index contributed by atoms with van der Waals surface area (Å²) in [4.78, 5) is 27.8. The standard InChI is InChI=1S/C27H30ClN3O4S/c1-4-29-27(33)21(3)30(18-22-9-8-10-23(28)17-22)26(32)19-31(24-11-6-5-7-12-24)36(34,35)25-15-13-20(2)14-16-25/h5-17,21H,4,18-19H2,1-3H3,(H,29,33)/t21-/m1/s1. The first-order valence-corrected chi connectivity index (χ1v) is 13.4. The molecule has 3 rings (SSSR count). The van der Waals surface area contributed by atoms with Crippen molar-refractivity contribution in [2.75, 3.05) is 17.4 Å². The van der Waals surface area contributed by atoms with Gasteiger partial charge in [0.25, 0.3) is 10.0 Å². The summed E-state index contributed by atoms with van der Waals surface area (Å²) in [6, 6.07) is 21.1. The van der Waals surface area contributed by atoms with Crippen molar-refractivity contribution in [1.82, 2.24) is 10.2 Å². The molecule has 1 N–H and O–H groups in total. The van der Waals surface area contributed by atoms with Crippen molar-refractivity contribution in [2.24, 2.45) is 0 Å². The number of carbonyl (C=O) groups excluding carboxylic acids is 2. The van der Waals surface area contributed by atoms with Gasteiger partial charge in [-0.2, -0.15) is 0 Å². The molecular formula is C27H30ClN3O4S. The molecule has 190 valence electrons. The zero-order valence-electron chi connectivity index (χ0n) is 20.5. The van der Waals surface area contributed by atoms with Gasteiger partial charge in [-0.25, -0.2) is 8.42 Å². The predicted octanol–water partition coefficient (Wildman–Crippen LogP) is 4.40. The molecule has 0 spiro atoms. The van der Waals surface area contributed by atoms with E-state index in [1.807, 2.05) is 6.92 Å². The number of carbonyl (C=O) groups is 2. The highest BCUT2D eigenvalue weighted by atomic mass is 35.5. The Morgan fingerprint density at radius 2 is 1.64 bits per heavy atom. The lowest BCUT2D eigenvalue weighted by molar-refractivity contribution is -0.139. The molecule has 0 fully saturated rings. The number of nitrogens with one attached hydrogen (secondary N) is 1. The molecule has 0 aliphatic rings. The Morgan fingerprint density at radius 1 is 0.972 bits per heavy atom. The van der Waals surface area contributed by atoms with Crippen LogP contribution in [0.2, 0.25) is 5.02 Å². The minimum Gasteiger partial charge on any atom is -0.355 e. The summed E-state index contributed by atoms with van der Waals surface area (Å²) in [5, 5.41) is 3.23. The molecule has 0 aliphatic heterocycles. The molecule has 0 saturated carbocycles. The van der Waals surface area contributed by atoms with Crippen LogP contribution >= 0.6 is 11.6 Å². The van der Waals surface area contributed by atoms with Gasteiger partial charge in [0.1, 0.15) is 12.6 Å². The number of anilines is 1. The van der Waals surface area contributed by atoms with Crippen molar-refractivity contribution < 1.29 is 18.0 Å². The predicted molar refractivity (Wildman–Crippen MR) is 142 cm³/mol. The Morgan fingerprint density at radius 3 is 2.25 bits per heavy atom. The van der Waals surface area contributed by atoms with Crippen LogP contribution in [-0.2, 0) is 26.2 Å². The van der Waals surface area contributed by atoms with Crippen molar-refractivity contribution in [3.63, 3.8) is 0 Å². The summed E-state index contributed by atoms with van der Waals surface area (Å²) in [7, 11) is -4.07. The van der Waals surface area contributed by atoms with E-state index in [-0.39, 0.29) is 17.3 Å². The number of amides is 2. The van der Waals surface area contributed by atoms with Gasteiger partial charge in [-0.15, -0.1) is 0 Å². The smallest absolute Gasteiger partial charge is 0.264 e. The second-order valence-electron chi connectivity index (χ2n) is 8.38. The lowest BCUT2D eigenvalue weighted by atomic mass is 10.1. The molecule has 0 radical (unpaired) electrons. The molecule has 0 aliphatic carbocycles. The third kappa shape index (κ3) is 6.65. The fourth-order valence-corrected chi connectivity index (χ4v) is 5.32. The zero-order chi connectivity index (χ0) is 26.3. The number of hydrogen-bond acceptors (Lipinski definition) is 4. The molecule has 2 amide bonds. The van der Waals surface area contributed by atoms with Crippen molar-refractivity contribution >= 4 is 39.1 Å². The van der Waals surface area contributed by atoms with Gasteiger partial charge in [-0.05, 0) is 62.7 Å². The van der Waals surface area contributed by atoms with E-state index in [9.17, 15) is 18.0 Å². The van der Waals surface area contributed by atoms with E-state index in [0.29, 0.717) is 17.3 Å². The van der Waals surface area contributed by atoms with E-state index in [2.05, 4.69) is 5.32 Å². The quantitative estimate of drug-likeness (QED) is 0.423. The van der Waals surface area contributed by atoms with Gasteiger partial charge in [0.05, 0.1) is 10.6 Å². The number of sulfonamides is 1. The molecule has 0 heterocycles. The summed E-state index contributed by atoms with van der Waals surface area (Å²) in [5.41, 5.74) is 1.99. The number of likely N-dealkylation sites (N-methyl/N-ethyl adjacent to an activating group) is 1. The van der Waals surface area contributed by atoms with E-state index in [4.69, 9.17) is 11.6 Å². The van der Waals surface area contributed by atoms with Crippen LogP contribution in [0.1, 0.15) is 25.0 Å². The molecule has 0 aromatic heterocycles. The Labute approximate surface area is 217 Å². The topological polar surface area (TPSA) is 86.8 Å². The maximum Gasteiger partial charge on any atom is 0.264 e. The lowest BCUT2D eigenvalue weighted by Crippen LogP contribution is -2.51. The maximum atomic E-state index is 13.7. The zero-order valence-corrected chi connectivity index (χ0v) is 22.1. The normalized spacial score (nSPS) is 12.0. The van der Waals surface area contributed by atoms with E-state index in [0.717, 1.165) is 15.4 Å². The van der Waals surface area contributed by atoms with Gasteiger partial charge < -0.3 is 10.2 Å². The van der Waals surface area contributed by atoms with Crippen molar-refractivity contribution in [1.29, 1.82) is 0 Å². The number of rotatable bonds is 10. The largest absolute Gasteiger partial charge is 0.355 e. The number of nitrogens with zero attached hydrogens (tertiary/aromatic N) is 2. The van der Waals surface area contributed by atoms with Gasteiger partial charge in [0, 0.05) is 18.1 Å². The second kappa shape index (κ2) is 12.1. The Bertz CT molecular complexity index is 1300. The van der Waals surface area contributed by atoms with Gasteiger partial charge in [-0.1, -0.05) is 59.6 Å². The SMILES string of the molecule is CCNC(=O)[C@@H](C)N(Cc1cccc(Cl)c1)C(=O)CN(c1ccccc1)S(=O)(=O)c1ccc(C)cc1. The fraction of sp³-hybridized carbons (Fsp3) is 0.259. The third-order valence-electron chi connectivity index (χ3n) is 5.69. The van der Waals surface area contributed by atoms with Crippen LogP contribution in [0, 0.1) is 6.92 Å². The van der Waals surface area contributed by atoms with Crippen LogP contribution < -0.4 is 9.62 Å². The molecule has 9 heteroatoms. The van der Waals surface area contributed by atoms with Crippen LogP contribution in [0.3, 0.4) is 0 Å². The Balaban J connectivity index is 2.00. The fourth-order valence-electron chi connectivity index (χ4n) is 3.70. The average molecular weight is 528 g/mol. The highest BCUT2D eigenvalue weighted by Crippen LogP contribution is 2.25. The summed E-state index contributed by atoms with van der Waals surface area (Å²) < 4.78 is 28.4. The summed E-state index contributed by atoms with van der Waals surface area (Å²) >= 11 is 6.13. The highest BCUT2D eigenvalue weighted by molar-refractivity contribution is 7.92.